The van der Waals surface area contributed by atoms with Crippen LogP contribution in [0.3, 0.4) is 0 Å². The highest BCUT2D eigenvalue weighted by molar-refractivity contribution is 5.96. The number of aryl methyl sites for hydroxylation is 1. The largest absolute Gasteiger partial charge is 0.508 e. The minimum atomic E-state index is -1.19. The highest BCUT2D eigenvalue weighted by Crippen LogP contribution is 2.41. The number of phenolic OH excluding ortho intramolecular Hbond substituents is 1. The molecule has 58 heavy (non-hydrogen) atoms. The third-order valence-electron chi connectivity index (χ3n) is 10.8. The topological polar surface area (TPSA) is 165 Å². The van der Waals surface area contributed by atoms with E-state index in [1.54, 1.807) is 39.3 Å². The highest BCUT2D eigenvalue weighted by atomic mass is 16.6. The lowest BCUT2D eigenvalue weighted by Crippen LogP contribution is -2.61. The van der Waals surface area contributed by atoms with Gasteiger partial charge in [-0.3, -0.25) is 24.4 Å². The molecule has 2 aliphatic heterocycles. The molecule has 2 aromatic heterocycles. The highest BCUT2D eigenvalue weighted by Gasteiger charge is 2.37. The molecule has 2 aromatic carbocycles. The molecule has 1 fully saturated rings. The molecule has 2 aliphatic rings. The van der Waals surface area contributed by atoms with Crippen molar-refractivity contribution in [2.24, 2.45) is 11.3 Å². The van der Waals surface area contributed by atoms with Gasteiger partial charge in [-0.2, -0.15) is 0 Å². The molecule has 14 nitrogen and oxygen atoms in total. The molecular formula is C44H56N6O8. The summed E-state index contributed by atoms with van der Waals surface area (Å²) in [7, 11) is 4.71. The van der Waals surface area contributed by atoms with E-state index in [4.69, 9.17) is 14.2 Å². The number of nitrogens with zero attached hydrogens (tertiary/aromatic N) is 4. The van der Waals surface area contributed by atoms with Gasteiger partial charge in [0.1, 0.15) is 17.8 Å². The first kappa shape index (κ1) is 42.1. The number of rotatable bonds is 8. The molecule has 3 atom stereocenters. The number of phenols is 1. The number of ether oxygens (including phenoxy) is 3. The lowest BCUT2D eigenvalue weighted by Gasteiger charge is -2.36. The number of nitrogens with one attached hydrogen (secondary N) is 2. The fourth-order valence-corrected chi connectivity index (χ4v) is 7.89. The minimum Gasteiger partial charge on any atom is -0.508 e. The second-order valence-electron chi connectivity index (χ2n) is 16.6. The van der Waals surface area contributed by atoms with Crippen LogP contribution in [0.2, 0.25) is 0 Å². The Bertz CT molecular complexity index is 2180. The van der Waals surface area contributed by atoms with Crippen molar-refractivity contribution in [1.82, 2.24) is 30.2 Å². The van der Waals surface area contributed by atoms with Gasteiger partial charge in [0, 0.05) is 75.0 Å². The van der Waals surface area contributed by atoms with Gasteiger partial charge in [0.05, 0.1) is 18.9 Å². The van der Waals surface area contributed by atoms with Crippen LogP contribution in [-0.2, 0) is 54.6 Å². The van der Waals surface area contributed by atoms with Gasteiger partial charge in [-0.15, -0.1) is 0 Å². The summed E-state index contributed by atoms with van der Waals surface area (Å²) in [5.74, 6) is -2.02. The predicted octanol–water partition coefficient (Wildman–Crippen LogP) is 5.61. The van der Waals surface area contributed by atoms with E-state index in [0.29, 0.717) is 38.0 Å². The summed E-state index contributed by atoms with van der Waals surface area (Å²) in [5, 5.41) is 16.4. The maximum Gasteiger partial charge on any atom is 0.410 e. The van der Waals surface area contributed by atoms with E-state index < -0.39 is 53.4 Å². The number of hydrazine groups is 1. The second kappa shape index (κ2) is 17.6. The molecule has 6 bridgehead atoms. The maximum atomic E-state index is 14.4. The Morgan fingerprint density at radius 2 is 1.90 bits per heavy atom. The average Bonchev–Trinajstić information content (AvgIpc) is 3.49. The Morgan fingerprint density at radius 1 is 1.12 bits per heavy atom. The van der Waals surface area contributed by atoms with Gasteiger partial charge < -0.3 is 34.1 Å². The molecule has 0 spiro atoms. The van der Waals surface area contributed by atoms with Crippen LogP contribution in [0.4, 0.5) is 4.79 Å². The summed E-state index contributed by atoms with van der Waals surface area (Å²) in [5.41, 5.74) is 9.73. The molecule has 0 saturated carbocycles. The number of carbonyl (C=O) groups excluding carboxylic acids is 4. The lowest BCUT2D eigenvalue weighted by molar-refractivity contribution is -0.155. The number of fused-ring (bicyclic) bond motifs is 6. The van der Waals surface area contributed by atoms with Gasteiger partial charge in [0.2, 0.25) is 0 Å². The van der Waals surface area contributed by atoms with Gasteiger partial charge in [-0.25, -0.2) is 10.2 Å². The number of hydrogen-bond acceptors (Lipinski definition) is 10. The molecule has 3 N–H and O–H groups in total. The number of carbonyl (C=O) groups is 4. The van der Waals surface area contributed by atoms with Gasteiger partial charge in [-0.1, -0.05) is 39.8 Å². The van der Waals surface area contributed by atoms with Crippen LogP contribution < -0.4 is 10.7 Å². The molecule has 6 rings (SSSR count). The van der Waals surface area contributed by atoms with E-state index >= 15 is 0 Å². The number of esters is 1. The van der Waals surface area contributed by atoms with Gasteiger partial charge >= 0.3 is 12.1 Å². The quantitative estimate of drug-likeness (QED) is 0.191. The van der Waals surface area contributed by atoms with Crippen LogP contribution in [0.1, 0.15) is 64.2 Å². The molecule has 4 aromatic rings. The van der Waals surface area contributed by atoms with Crippen molar-refractivity contribution in [2.75, 3.05) is 34.4 Å². The van der Waals surface area contributed by atoms with Crippen molar-refractivity contribution in [3.8, 4) is 28.1 Å². The Labute approximate surface area is 339 Å². The van der Waals surface area contributed by atoms with Crippen LogP contribution in [0.25, 0.3) is 33.3 Å². The zero-order valence-corrected chi connectivity index (χ0v) is 34.8. The maximum absolute atomic E-state index is 14.4. The van der Waals surface area contributed by atoms with Gasteiger partial charge in [0.25, 0.3) is 11.8 Å². The zero-order chi connectivity index (χ0) is 41.9. The predicted molar refractivity (Wildman–Crippen MR) is 219 cm³/mol. The van der Waals surface area contributed by atoms with Gasteiger partial charge in [-0.05, 0) is 90.3 Å². The first-order valence-electron chi connectivity index (χ1n) is 19.9. The molecule has 0 radical (unpaired) electrons. The van der Waals surface area contributed by atoms with E-state index in [1.165, 1.54) is 24.0 Å². The number of pyridine rings is 1. The first-order chi connectivity index (χ1) is 27.6. The van der Waals surface area contributed by atoms with Crippen LogP contribution in [0, 0.1) is 11.3 Å². The van der Waals surface area contributed by atoms with Crippen molar-refractivity contribution < 1.29 is 38.5 Å². The summed E-state index contributed by atoms with van der Waals surface area (Å²) in [4.78, 5) is 60.3. The average molecular weight is 797 g/mol. The van der Waals surface area contributed by atoms with Crippen molar-refractivity contribution >= 4 is 34.8 Å². The van der Waals surface area contributed by atoms with Crippen LogP contribution in [0.5, 0.6) is 5.75 Å². The molecular weight excluding hydrogens is 741 g/mol. The Morgan fingerprint density at radius 3 is 2.60 bits per heavy atom. The standard InChI is InChI=1S/C44H56N6O8/c1-9-49-37-13-12-28-21-32(37)33(38(49)34-23-45-15-14-29(34)24-56-8)22-44(4,5)25-57-42(54)35-11-10-16-50(47-35)41(53)36(19-27-17-30(28)20-31(51)18-27)46-40(52)39(26(2)3)58-43(55)48(6)7/h12-15,17-18,20-21,23,26,35-36,39,47,51H,9-11,16,19,22,24-25H2,1-8H3,(H,46,52)/t35-,36-,39-/m0/s1. The third-order valence-corrected chi connectivity index (χ3v) is 10.8. The van der Waals surface area contributed by atoms with Crippen molar-refractivity contribution in [3.63, 3.8) is 0 Å². The number of methoxy groups -OCH3 is 1. The summed E-state index contributed by atoms with van der Waals surface area (Å²) >= 11 is 0. The fraction of sp³-hybridized carbons (Fsp3) is 0.477. The van der Waals surface area contributed by atoms with E-state index in [-0.39, 0.29) is 25.3 Å². The zero-order valence-electron chi connectivity index (χ0n) is 34.8. The SMILES string of the molecule is CCn1c(-c2cnccc2COC)c2c3cc(ccc31)-c1cc(O)cc(c1)C[C@H](NC(=O)[C@@H](OC(=O)N(C)C)C(C)C)C(=O)N1CCC[C@H](N1)C(=O)OCC(C)(C)C2. The normalized spacial score (nSPS) is 19.0. The molecule has 14 heteroatoms. The molecule has 310 valence electrons. The van der Waals surface area contributed by atoms with E-state index in [1.807, 2.05) is 24.4 Å². The second-order valence-corrected chi connectivity index (χ2v) is 16.6. The summed E-state index contributed by atoms with van der Waals surface area (Å²) in [6, 6.07) is 11.4. The lowest BCUT2D eigenvalue weighted by atomic mass is 9.84. The van der Waals surface area contributed by atoms with Crippen LogP contribution in [-0.4, -0.2) is 101 Å². The van der Waals surface area contributed by atoms with Crippen LogP contribution in [0.15, 0.2) is 54.9 Å². The number of benzene rings is 2. The number of amides is 3. The van der Waals surface area contributed by atoms with Crippen LogP contribution >= 0.6 is 0 Å². The van der Waals surface area contributed by atoms with Crippen molar-refractivity contribution in [1.29, 1.82) is 0 Å². The number of cyclic esters (lactones) is 1. The summed E-state index contributed by atoms with van der Waals surface area (Å²) in [6.07, 6.45) is 3.28. The molecule has 3 amide bonds. The number of aromatic nitrogens is 2. The Kier molecular flexibility index (Phi) is 12.8. The van der Waals surface area contributed by atoms with E-state index in [2.05, 4.69) is 53.2 Å². The van der Waals surface area contributed by atoms with Crippen molar-refractivity contribution in [3.05, 3.63) is 71.5 Å². The van der Waals surface area contributed by atoms with E-state index in [0.717, 1.165) is 44.4 Å². The monoisotopic (exact) mass is 796 g/mol. The molecule has 0 aliphatic carbocycles. The minimum absolute atomic E-state index is 0.00691. The number of aromatic hydroxyl groups is 1. The smallest absolute Gasteiger partial charge is 0.410 e. The summed E-state index contributed by atoms with van der Waals surface area (Å²) in [6.45, 7) is 11.2. The molecule has 1 saturated heterocycles. The Balaban J connectivity index is 1.50. The van der Waals surface area contributed by atoms with Crippen molar-refractivity contribution in [2.45, 2.75) is 91.6 Å². The molecule has 0 unspecified atom stereocenters. The van der Waals surface area contributed by atoms with E-state index in [9.17, 15) is 24.3 Å². The number of hydrogen-bond donors (Lipinski definition) is 3. The first-order valence-corrected chi connectivity index (χ1v) is 19.9. The van der Waals surface area contributed by atoms with Gasteiger partial charge in [0.15, 0.2) is 6.10 Å². The third kappa shape index (κ3) is 9.13. The fourth-order valence-electron chi connectivity index (χ4n) is 7.89. The summed E-state index contributed by atoms with van der Waals surface area (Å²) < 4.78 is 19.5. The molecule has 4 heterocycles. The Hall–Kier alpha value is -5.47.